The van der Waals surface area contributed by atoms with E-state index >= 15 is 0 Å². The van der Waals surface area contributed by atoms with Crippen LogP contribution in [0.2, 0.25) is 0 Å². The number of benzene rings is 1. The highest BCUT2D eigenvalue weighted by Crippen LogP contribution is 2.33. The molecule has 1 N–H and O–H groups in total. The molecule has 1 aromatic carbocycles. The van der Waals surface area contributed by atoms with Crippen LogP contribution in [0.4, 0.5) is 0 Å². The van der Waals surface area contributed by atoms with Crippen LogP contribution in [-0.4, -0.2) is 23.7 Å². The number of carboxylic acids is 1. The average Bonchev–Trinajstić information content (AvgIpc) is 2.40. The van der Waals surface area contributed by atoms with Crippen LogP contribution >= 0.6 is 0 Å². The molecular formula is C16H20O4. The van der Waals surface area contributed by atoms with Crippen molar-refractivity contribution in [3.8, 4) is 0 Å². The molecule has 1 atom stereocenters. The lowest BCUT2D eigenvalue weighted by molar-refractivity contribution is -0.162. The summed E-state index contributed by atoms with van der Waals surface area (Å²) in [4.78, 5) is 24.1. The minimum Gasteiger partial charge on any atom is -0.480 e. The third-order valence-corrected chi connectivity index (χ3v) is 3.18. The highest BCUT2D eigenvalue weighted by atomic mass is 16.5. The Morgan fingerprint density at radius 2 is 1.90 bits per heavy atom. The maximum atomic E-state index is 12.3. The molecule has 1 rings (SSSR count). The largest absolute Gasteiger partial charge is 0.480 e. The van der Waals surface area contributed by atoms with Crippen LogP contribution in [0, 0.1) is 0 Å². The van der Waals surface area contributed by atoms with E-state index in [9.17, 15) is 14.7 Å². The zero-order valence-corrected chi connectivity index (χ0v) is 11.9. The summed E-state index contributed by atoms with van der Waals surface area (Å²) in [6.45, 7) is 7.39. The second-order valence-electron chi connectivity index (χ2n) is 4.75. The molecule has 4 heteroatoms. The fraction of sp³-hybridized carbons (Fsp3) is 0.375. The smallest absolute Gasteiger partial charge is 0.328 e. The van der Waals surface area contributed by atoms with Crippen molar-refractivity contribution in [1.82, 2.24) is 0 Å². The molecule has 0 aliphatic rings. The number of carboxylic acid groups (broad SMARTS) is 1. The molecule has 1 unspecified atom stereocenters. The van der Waals surface area contributed by atoms with Crippen LogP contribution in [0.3, 0.4) is 0 Å². The van der Waals surface area contributed by atoms with Gasteiger partial charge in [0.15, 0.2) is 5.41 Å². The fourth-order valence-corrected chi connectivity index (χ4v) is 2.06. The van der Waals surface area contributed by atoms with Crippen molar-refractivity contribution >= 4 is 11.9 Å². The van der Waals surface area contributed by atoms with Gasteiger partial charge < -0.3 is 9.84 Å². The van der Waals surface area contributed by atoms with Gasteiger partial charge in [0.2, 0.25) is 0 Å². The van der Waals surface area contributed by atoms with Gasteiger partial charge in [0, 0.05) is 0 Å². The third kappa shape index (κ3) is 3.26. The van der Waals surface area contributed by atoms with E-state index in [2.05, 4.69) is 6.58 Å². The number of esters is 1. The first kappa shape index (κ1) is 16.0. The first-order valence-corrected chi connectivity index (χ1v) is 6.55. The molecule has 0 aliphatic carbocycles. The lowest BCUT2D eigenvalue weighted by Gasteiger charge is -2.27. The van der Waals surface area contributed by atoms with Gasteiger partial charge in [0.25, 0.3) is 0 Å². The van der Waals surface area contributed by atoms with Gasteiger partial charge in [-0.3, -0.25) is 9.59 Å². The Labute approximate surface area is 119 Å². The van der Waals surface area contributed by atoms with Gasteiger partial charge in [-0.25, -0.2) is 0 Å². The molecule has 0 heterocycles. The number of hydrogen-bond donors (Lipinski definition) is 1. The van der Waals surface area contributed by atoms with E-state index in [1.54, 1.807) is 37.3 Å². The van der Waals surface area contributed by atoms with Crippen LogP contribution < -0.4 is 0 Å². The van der Waals surface area contributed by atoms with E-state index in [4.69, 9.17) is 4.74 Å². The van der Waals surface area contributed by atoms with Crippen LogP contribution in [0.25, 0.3) is 0 Å². The highest BCUT2D eigenvalue weighted by Gasteiger charge is 2.48. The van der Waals surface area contributed by atoms with E-state index in [1.807, 2.05) is 6.92 Å². The molecule has 0 spiro atoms. The molecule has 0 saturated heterocycles. The van der Waals surface area contributed by atoms with Crippen molar-refractivity contribution in [1.29, 1.82) is 0 Å². The third-order valence-electron chi connectivity index (χ3n) is 3.18. The van der Waals surface area contributed by atoms with Gasteiger partial charge in [-0.05, 0) is 32.3 Å². The monoisotopic (exact) mass is 276 g/mol. The Balaban J connectivity index is 3.30. The van der Waals surface area contributed by atoms with E-state index in [0.29, 0.717) is 12.0 Å². The zero-order valence-electron chi connectivity index (χ0n) is 11.9. The SMILES string of the molecule is C=C(C)CCC(C(=O)O)(C(=O)OCC)c1ccccc1. The van der Waals surface area contributed by atoms with Gasteiger partial charge in [-0.2, -0.15) is 0 Å². The summed E-state index contributed by atoms with van der Waals surface area (Å²) < 4.78 is 5.01. The van der Waals surface area contributed by atoms with Gasteiger partial charge in [0.1, 0.15) is 0 Å². The van der Waals surface area contributed by atoms with Crippen LogP contribution in [0.1, 0.15) is 32.3 Å². The van der Waals surface area contributed by atoms with E-state index < -0.39 is 17.4 Å². The summed E-state index contributed by atoms with van der Waals surface area (Å²) in [6.07, 6.45) is 0.584. The van der Waals surface area contributed by atoms with Crippen molar-refractivity contribution < 1.29 is 19.4 Å². The molecule has 0 fully saturated rings. The Hall–Kier alpha value is -2.10. The minimum atomic E-state index is -1.67. The Kier molecular flexibility index (Phi) is 5.50. The van der Waals surface area contributed by atoms with Crippen molar-refractivity contribution in [2.75, 3.05) is 6.61 Å². The van der Waals surface area contributed by atoms with Gasteiger partial charge in [0.05, 0.1) is 6.61 Å². The first-order valence-electron chi connectivity index (χ1n) is 6.55. The quantitative estimate of drug-likeness (QED) is 0.472. The number of aliphatic carboxylic acids is 1. The number of allylic oxidation sites excluding steroid dienone is 1. The number of hydrogen-bond acceptors (Lipinski definition) is 3. The summed E-state index contributed by atoms with van der Waals surface area (Å²) in [6, 6.07) is 8.49. The van der Waals surface area contributed by atoms with Crippen LogP contribution in [0.5, 0.6) is 0 Å². The summed E-state index contributed by atoms with van der Waals surface area (Å²) in [5, 5.41) is 9.66. The Morgan fingerprint density at radius 3 is 2.35 bits per heavy atom. The molecule has 0 amide bonds. The molecular weight excluding hydrogens is 256 g/mol. The second-order valence-corrected chi connectivity index (χ2v) is 4.75. The topological polar surface area (TPSA) is 63.6 Å². The average molecular weight is 276 g/mol. The van der Waals surface area contributed by atoms with Gasteiger partial charge >= 0.3 is 11.9 Å². The highest BCUT2D eigenvalue weighted by molar-refractivity contribution is 6.05. The summed E-state index contributed by atoms with van der Waals surface area (Å²) in [5.41, 5.74) is -0.404. The maximum absolute atomic E-state index is 12.3. The molecule has 0 aliphatic heterocycles. The number of carbonyl (C=O) groups excluding carboxylic acids is 1. The Morgan fingerprint density at radius 1 is 1.30 bits per heavy atom. The fourth-order valence-electron chi connectivity index (χ4n) is 2.06. The van der Waals surface area contributed by atoms with Crippen molar-refractivity contribution in [2.24, 2.45) is 0 Å². The first-order chi connectivity index (χ1) is 9.45. The number of carbonyl (C=O) groups is 2. The van der Waals surface area contributed by atoms with Gasteiger partial charge in [-0.15, -0.1) is 6.58 Å². The molecule has 1 aromatic rings. The molecule has 20 heavy (non-hydrogen) atoms. The second kappa shape index (κ2) is 6.89. The summed E-state index contributed by atoms with van der Waals surface area (Å²) >= 11 is 0. The van der Waals surface area contributed by atoms with E-state index in [0.717, 1.165) is 5.57 Å². The van der Waals surface area contributed by atoms with Crippen LogP contribution in [-0.2, 0) is 19.7 Å². The van der Waals surface area contributed by atoms with Crippen molar-refractivity contribution in [3.05, 3.63) is 48.0 Å². The maximum Gasteiger partial charge on any atom is 0.328 e. The van der Waals surface area contributed by atoms with Crippen molar-refractivity contribution in [3.63, 3.8) is 0 Å². The van der Waals surface area contributed by atoms with Crippen LogP contribution in [0.15, 0.2) is 42.5 Å². The molecule has 0 saturated carbocycles. The normalized spacial score (nSPS) is 13.3. The Bertz CT molecular complexity index is 492. The summed E-state index contributed by atoms with van der Waals surface area (Å²) in [5.74, 6) is -1.91. The molecule has 4 nitrogen and oxygen atoms in total. The lowest BCUT2D eigenvalue weighted by Crippen LogP contribution is -2.45. The molecule has 0 aromatic heterocycles. The van der Waals surface area contributed by atoms with E-state index in [1.165, 1.54) is 0 Å². The van der Waals surface area contributed by atoms with E-state index in [-0.39, 0.29) is 13.0 Å². The predicted octanol–water partition coefficient (Wildman–Crippen LogP) is 2.93. The summed E-state index contributed by atoms with van der Waals surface area (Å²) in [7, 11) is 0. The van der Waals surface area contributed by atoms with Crippen molar-refractivity contribution in [2.45, 2.75) is 32.1 Å². The lowest BCUT2D eigenvalue weighted by atomic mass is 9.76. The zero-order chi connectivity index (χ0) is 15.2. The van der Waals surface area contributed by atoms with Gasteiger partial charge in [-0.1, -0.05) is 35.9 Å². The number of rotatable bonds is 7. The minimum absolute atomic E-state index is 0.139. The molecule has 0 bridgehead atoms. The standard InChI is InChI=1S/C16H20O4/c1-4-20-15(19)16(14(17)18,11-10-12(2)3)13-8-6-5-7-9-13/h5-9H,2,4,10-11H2,1,3H3,(H,17,18). The molecule has 0 radical (unpaired) electrons. The number of ether oxygens (including phenoxy) is 1. The predicted molar refractivity (Wildman–Crippen MR) is 76.4 cm³/mol. The molecule has 108 valence electrons.